The Labute approximate surface area is 100 Å². The third-order valence-corrected chi connectivity index (χ3v) is 1.88. The molecule has 0 spiro atoms. The van der Waals surface area contributed by atoms with E-state index in [1.165, 1.54) is 18.2 Å². The normalized spacial score (nSPS) is 9.56. The molecular formula is C9H8N2O7. The van der Waals surface area contributed by atoms with Gasteiger partial charge in [0.1, 0.15) is 19.5 Å². The highest BCUT2D eigenvalue weighted by Crippen LogP contribution is 2.11. The summed E-state index contributed by atoms with van der Waals surface area (Å²) in [5, 5.41) is 18.1. The van der Waals surface area contributed by atoms with E-state index in [-0.39, 0.29) is 18.8 Å². The second-order valence-electron chi connectivity index (χ2n) is 3.19. The third-order valence-electron chi connectivity index (χ3n) is 1.88. The highest BCUT2D eigenvalue weighted by molar-refractivity contribution is 5.75. The standard InChI is InChI=1S/C9H8N2O7/c12-4-7-1-8(5-17-10(13)14)3-9(2-7)6-18-11(15)16/h1-4H,5-6H2. The summed E-state index contributed by atoms with van der Waals surface area (Å²) in [5.74, 6) is 0. The maximum absolute atomic E-state index is 10.6. The van der Waals surface area contributed by atoms with Crippen LogP contribution in [0.15, 0.2) is 18.2 Å². The van der Waals surface area contributed by atoms with E-state index >= 15 is 0 Å². The number of nitrogens with zero attached hydrogens (tertiary/aromatic N) is 2. The Bertz CT molecular complexity index is 438. The van der Waals surface area contributed by atoms with Crippen molar-refractivity contribution in [2.45, 2.75) is 13.2 Å². The predicted molar refractivity (Wildman–Crippen MR) is 55.4 cm³/mol. The van der Waals surface area contributed by atoms with Gasteiger partial charge in [-0.15, -0.1) is 20.2 Å². The molecule has 0 fully saturated rings. The summed E-state index contributed by atoms with van der Waals surface area (Å²) in [6, 6.07) is 4.18. The number of rotatable bonds is 7. The van der Waals surface area contributed by atoms with E-state index in [0.717, 1.165) is 0 Å². The molecule has 0 bridgehead atoms. The monoisotopic (exact) mass is 256 g/mol. The Balaban J connectivity index is 2.83. The van der Waals surface area contributed by atoms with Crippen LogP contribution in [0.4, 0.5) is 0 Å². The minimum atomic E-state index is -0.971. The van der Waals surface area contributed by atoms with Crippen LogP contribution in [-0.4, -0.2) is 16.5 Å². The van der Waals surface area contributed by atoms with Crippen LogP contribution >= 0.6 is 0 Å². The van der Waals surface area contributed by atoms with Crippen LogP contribution in [0.3, 0.4) is 0 Å². The molecule has 0 aliphatic carbocycles. The van der Waals surface area contributed by atoms with Gasteiger partial charge in [-0.05, 0) is 23.3 Å². The van der Waals surface area contributed by atoms with Crippen LogP contribution in [0.2, 0.25) is 0 Å². The highest BCUT2D eigenvalue weighted by Gasteiger charge is 2.05. The Kier molecular flexibility index (Phi) is 4.55. The molecule has 0 unspecified atom stereocenters. The zero-order chi connectivity index (χ0) is 13.5. The van der Waals surface area contributed by atoms with Crippen molar-refractivity contribution in [3.8, 4) is 0 Å². The van der Waals surface area contributed by atoms with Crippen molar-refractivity contribution in [1.82, 2.24) is 0 Å². The lowest BCUT2D eigenvalue weighted by molar-refractivity contribution is -0.763. The number of hydrogen-bond donors (Lipinski definition) is 0. The fourth-order valence-electron chi connectivity index (χ4n) is 1.28. The number of hydrogen-bond acceptors (Lipinski definition) is 7. The van der Waals surface area contributed by atoms with Gasteiger partial charge in [-0.1, -0.05) is 6.07 Å². The lowest BCUT2D eigenvalue weighted by atomic mass is 10.1. The third kappa shape index (κ3) is 4.43. The first-order valence-corrected chi connectivity index (χ1v) is 4.64. The summed E-state index contributed by atoms with van der Waals surface area (Å²) in [6.07, 6.45) is 0.519. The van der Waals surface area contributed by atoms with Crippen LogP contribution in [0, 0.1) is 20.2 Å². The van der Waals surface area contributed by atoms with E-state index in [1.54, 1.807) is 0 Å². The molecule has 9 nitrogen and oxygen atoms in total. The summed E-state index contributed by atoms with van der Waals surface area (Å²) in [5.41, 5.74) is 0.915. The van der Waals surface area contributed by atoms with E-state index in [2.05, 4.69) is 9.68 Å². The average Bonchev–Trinajstić information content (AvgIpc) is 2.33. The van der Waals surface area contributed by atoms with Gasteiger partial charge in [-0.2, -0.15) is 0 Å². The van der Waals surface area contributed by atoms with Crippen LogP contribution in [0.5, 0.6) is 0 Å². The molecule has 1 aromatic carbocycles. The van der Waals surface area contributed by atoms with Crippen molar-refractivity contribution in [3.05, 3.63) is 55.1 Å². The van der Waals surface area contributed by atoms with E-state index in [1.807, 2.05) is 0 Å². The van der Waals surface area contributed by atoms with Crippen molar-refractivity contribution >= 4 is 6.29 Å². The molecule has 1 aromatic rings. The highest BCUT2D eigenvalue weighted by atomic mass is 17.0. The van der Waals surface area contributed by atoms with Crippen LogP contribution in [-0.2, 0) is 22.9 Å². The fraction of sp³-hybridized carbons (Fsp3) is 0.222. The van der Waals surface area contributed by atoms with E-state index in [9.17, 15) is 25.0 Å². The molecule has 0 aliphatic heterocycles. The Morgan fingerprint density at radius 2 is 1.44 bits per heavy atom. The smallest absolute Gasteiger partial charge is 0.294 e. The molecule has 0 atom stereocenters. The summed E-state index contributed by atoms with van der Waals surface area (Å²) < 4.78 is 0. The largest absolute Gasteiger partial charge is 0.309 e. The van der Waals surface area contributed by atoms with Crippen molar-refractivity contribution in [1.29, 1.82) is 0 Å². The van der Waals surface area contributed by atoms with Crippen molar-refractivity contribution in [2.24, 2.45) is 0 Å². The number of aldehydes is 1. The molecule has 0 N–H and O–H groups in total. The quantitative estimate of drug-likeness (QED) is 0.403. The fourth-order valence-corrected chi connectivity index (χ4v) is 1.28. The second kappa shape index (κ2) is 6.13. The number of benzene rings is 1. The lowest BCUT2D eigenvalue weighted by Gasteiger charge is -2.05. The first-order chi connectivity index (χ1) is 8.51. The SMILES string of the molecule is O=Cc1cc(CO[N+](=O)[O-])cc(CO[N+](=O)[O-])c1. The Hall–Kier alpha value is -2.71. The van der Waals surface area contributed by atoms with Crippen LogP contribution < -0.4 is 0 Å². The van der Waals surface area contributed by atoms with Gasteiger partial charge in [0.2, 0.25) is 0 Å². The lowest BCUT2D eigenvalue weighted by Crippen LogP contribution is -2.04. The zero-order valence-corrected chi connectivity index (χ0v) is 8.98. The van der Waals surface area contributed by atoms with Gasteiger partial charge in [0.05, 0.1) is 0 Å². The minimum absolute atomic E-state index is 0.224. The Morgan fingerprint density at radius 3 is 1.78 bits per heavy atom. The molecule has 0 saturated heterocycles. The molecule has 1 rings (SSSR count). The van der Waals surface area contributed by atoms with E-state index in [4.69, 9.17) is 0 Å². The maximum atomic E-state index is 10.6. The Morgan fingerprint density at radius 1 is 1.00 bits per heavy atom. The number of carbonyl (C=O) groups is 1. The van der Waals surface area contributed by atoms with Crippen LogP contribution in [0.1, 0.15) is 21.5 Å². The number of carbonyl (C=O) groups excluding carboxylic acids is 1. The molecule has 0 heterocycles. The van der Waals surface area contributed by atoms with Gasteiger partial charge in [0.25, 0.3) is 10.2 Å². The molecule has 96 valence electrons. The molecule has 9 heteroatoms. The van der Waals surface area contributed by atoms with Crippen LogP contribution in [0.25, 0.3) is 0 Å². The molecule has 0 saturated carbocycles. The van der Waals surface area contributed by atoms with Gasteiger partial charge in [-0.25, -0.2) is 0 Å². The topological polar surface area (TPSA) is 122 Å². The van der Waals surface area contributed by atoms with Crippen molar-refractivity contribution in [3.63, 3.8) is 0 Å². The zero-order valence-electron chi connectivity index (χ0n) is 8.98. The summed E-state index contributed by atoms with van der Waals surface area (Å²) in [4.78, 5) is 39.0. The van der Waals surface area contributed by atoms with Gasteiger partial charge < -0.3 is 9.68 Å². The van der Waals surface area contributed by atoms with E-state index in [0.29, 0.717) is 17.4 Å². The predicted octanol–water partition coefficient (Wildman–Crippen LogP) is 0.916. The molecule has 0 radical (unpaired) electrons. The first-order valence-electron chi connectivity index (χ1n) is 4.64. The molecule has 18 heavy (non-hydrogen) atoms. The van der Waals surface area contributed by atoms with Gasteiger partial charge >= 0.3 is 0 Å². The maximum Gasteiger partial charge on any atom is 0.294 e. The molecule has 0 aromatic heterocycles. The minimum Gasteiger partial charge on any atom is -0.309 e. The summed E-state index contributed by atoms with van der Waals surface area (Å²) in [7, 11) is 0. The van der Waals surface area contributed by atoms with Crippen molar-refractivity contribution < 1.29 is 24.6 Å². The average molecular weight is 256 g/mol. The summed E-state index contributed by atoms with van der Waals surface area (Å²) in [6.45, 7) is -0.694. The van der Waals surface area contributed by atoms with Crippen molar-refractivity contribution in [2.75, 3.05) is 0 Å². The molecule has 0 aliphatic rings. The van der Waals surface area contributed by atoms with Gasteiger partial charge in [0, 0.05) is 5.56 Å². The van der Waals surface area contributed by atoms with Gasteiger partial charge in [0.15, 0.2) is 0 Å². The molecular weight excluding hydrogens is 248 g/mol. The van der Waals surface area contributed by atoms with Gasteiger partial charge in [-0.3, -0.25) is 4.79 Å². The summed E-state index contributed by atoms with van der Waals surface area (Å²) >= 11 is 0. The first kappa shape index (κ1) is 13.4. The van der Waals surface area contributed by atoms with E-state index < -0.39 is 10.2 Å². The molecule has 0 amide bonds. The second-order valence-corrected chi connectivity index (χ2v) is 3.19.